The molecule has 2 rings (SSSR count). The van der Waals surface area contributed by atoms with E-state index >= 15 is 0 Å². The van der Waals surface area contributed by atoms with Crippen molar-refractivity contribution in [2.45, 2.75) is 37.3 Å². The predicted octanol–water partition coefficient (Wildman–Crippen LogP) is 1.72. The molecule has 1 saturated carbocycles. The number of aliphatic hydroxyl groups is 1. The highest BCUT2D eigenvalue weighted by Gasteiger charge is 2.38. The first-order valence-corrected chi connectivity index (χ1v) is 7.77. The maximum atomic E-state index is 12.2. The highest BCUT2D eigenvalue weighted by molar-refractivity contribution is 5.85. The molecule has 1 aliphatic rings. The first-order chi connectivity index (χ1) is 10.5. The Bertz CT molecular complexity index is 510. The summed E-state index contributed by atoms with van der Waals surface area (Å²) in [5.41, 5.74) is -0.103. The van der Waals surface area contributed by atoms with Gasteiger partial charge in [-0.15, -0.1) is 0 Å². The monoisotopic (exact) mass is 306 g/mol. The lowest BCUT2D eigenvalue weighted by atomic mass is 10.0. The minimum Gasteiger partial charge on any atom is -0.497 e. The third-order valence-corrected chi connectivity index (χ3v) is 4.41. The first-order valence-electron chi connectivity index (χ1n) is 7.77. The van der Waals surface area contributed by atoms with Crippen molar-refractivity contribution in [1.29, 1.82) is 0 Å². The summed E-state index contributed by atoms with van der Waals surface area (Å²) in [6, 6.07) is 7.86. The molecule has 1 aromatic rings. The standard InChI is InChI=1S/C17H26N2O3/c1-19(2)15(13-7-6-8-14(11-13)22-3)12-18-16(20)17(21)9-4-5-10-17/h6-8,11,15,21H,4-5,9-10,12H2,1-3H3,(H,18,20). The van der Waals surface area contributed by atoms with Gasteiger partial charge in [-0.1, -0.05) is 12.1 Å². The molecule has 122 valence electrons. The number of methoxy groups -OCH3 is 1. The lowest BCUT2D eigenvalue weighted by molar-refractivity contribution is -0.139. The van der Waals surface area contributed by atoms with Crippen molar-refractivity contribution >= 4 is 5.91 Å². The van der Waals surface area contributed by atoms with Crippen LogP contribution in [0.4, 0.5) is 0 Å². The fourth-order valence-corrected chi connectivity index (χ4v) is 2.99. The Morgan fingerprint density at radius 3 is 2.68 bits per heavy atom. The molecule has 1 aliphatic carbocycles. The van der Waals surface area contributed by atoms with E-state index < -0.39 is 5.60 Å². The summed E-state index contributed by atoms with van der Waals surface area (Å²) in [5, 5.41) is 13.2. The third-order valence-electron chi connectivity index (χ3n) is 4.41. The van der Waals surface area contributed by atoms with Crippen LogP contribution in [0.5, 0.6) is 5.75 Å². The van der Waals surface area contributed by atoms with Gasteiger partial charge >= 0.3 is 0 Å². The van der Waals surface area contributed by atoms with Crippen molar-refractivity contribution in [3.8, 4) is 5.75 Å². The van der Waals surface area contributed by atoms with Gasteiger partial charge in [-0.2, -0.15) is 0 Å². The lowest BCUT2D eigenvalue weighted by Crippen LogP contribution is -2.47. The maximum absolute atomic E-state index is 12.2. The zero-order chi connectivity index (χ0) is 16.2. The molecule has 1 atom stereocenters. The van der Waals surface area contributed by atoms with E-state index in [0.29, 0.717) is 19.4 Å². The van der Waals surface area contributed by atoms with Crippen LogP contribution in [0.2, 0.25) is 0 Å². The number of likely N-dealkylation sites (N-methyl/N-ethyl adjacent to an activating group) is 1. The van der Waals surface area contributed by atoms with Crippen molar-refractivity contribution in [3.05, 3.63) is 29.8 Å². The number of carbonyl (C=O) groups is 1. The van der Waals surface area contributed by atoms with E-state index in [1.165, 1.54) is 0 Å². The Morgan fingerprint density at radius 1 is 1.41 bits per heavy atom. The fourth-order valence-electron chi connectivity index (χ4n) is 2.99. The average Bonchev–Trinajstić information content (AvgIpc) is 2.95. The maximum Gasteiger partial charge on any atom is 0.252 e. The minimum atomic E-state index is -1.18. The number of ether oxygens (including phenoxy) is 1. The summed E-state index contributed by atoms with van der Waals surface area (Å²) >= 11 is 0. The number of nitrogens with one attached hydrogen (secondary N) is 1. The van der Waals surface area contributed by atoms with Gasteiger partial charge in [0, 0.05) is 6.54 Å². The molecule has 0 bridgehead atoms. The molecule has 0 spiro atoms. The molecule has 0 saturated heterocycles. The van der Waals surface area contributed by atoms with E-state index in [1.807, 2.05) is 43.3 Å². The van der Waals surface area contributed by atoms with Gasteiger partial charge in [0.2, 0.25) is 0 Å². The highest BCUT2D eigenvalue weighted by Crippen LogP contribution is 2.30. The minimum absolute atomic E-state index is 0.0315. The van der Waals surface area contributed by atoms with Crippen LogP contribution < -0.4 is 10.1 Å². The van der Waals surface area contributed by atoms with E-state index in [2.05, 4.69) is 5.32 Å². The second-order valence-electron chi connectivity index (χ2n) is 6.20. The van der Waals surface area contributed by atoms with Crippen LogP contribution in [0.25, 0.3) is 0 Å². The van der Waals surface area contributed by atoms with Gasteiger partial charge in [0.15, 0.2) is 0 Å². The molecular formula is C17H26N2O3. The number of hydrogen-bond acceptors (Lipinski definition) is 4. The van der Waals surface area contributed by atoms with E-state index in [-0.39, 0.29) is 11.9 Å². The number of amides is 1. The number of rotatable bonds is 6. The van der Waals surface area contributed by atoms with E-state index in [9.17, 15) is 9.90 Å². The molecule has 2 N–H and O–H groups in total. The van der Waals surface area contributed by atoms with Crippen molar-refractivity contribution in [3.63, 3.8) is 0 Å². The summed E-state index contributed by atoms with van der Waals surface area (Å²) in [6.07, 6.45) is 2.95. The molecule has 5 nitrogen and oxygen atoms in total. The summed E-state index contributed by atoms with van der Waals surface area (Å²) in [7, 11) is 5.59. The highest BCUT2D eigenvalue weighted by atomic mass is 16.5. The molecule has 1 aromatic carbocycles. The quantitative estimate of drug-likeness (QED) is 0.840. The molecule has 1 amide bonds. The molecule has 0 aromatic heterocycles. The van der Waals surface area contributed by atoms with E-state index in [4.69, 9.17) is 4.74 Å². The summed E-state index contributed by atoms with van der Waals surface area (Å²) in [6.45, 7) is 0.460. The summed E-state index contributed by atoms with van der Waals surface area (Å²) in [5.74, 6) is 0.546. The van der Waals surface area contributed by atoms with Crippen molar-refractivity contribution in [2.75, 3.05) is 27.7 Å². The zero-order valence-electron chi connectivity index (χ0n) is 13.6. The number of hydrogen-bond donors (Lipinski definition) is 2. The Balaban J connectivity index is 2.04. The van der Waals surface area contributed by atoms with Gasteiger partial charge < -0.3 is 20.1 Å². The Kier molecular flexibility index (Phi) is 5.42. The van der Waals surface area contributed by atoms with Crippen LogP contribution in [0.15, 0.2) is 24.3 Å². The molecule has 0 aliphatic heterocycles. The van der Waals surface area contributed by atoms with Gasteiger partial charge in [-0.25, -0.2) is 0 Å². The van der Waals surface area contributed by atoms with Crippen LogP contribution in [0.1, 0.15) is 37.3 Å². The third kappa shape index (κ3) is 3.78. The van der Waals surface area contributed by atoms with Crippen molar-refractivity contribution in [2.24, 2.45) is 0 Å². The summed E-state index contributed by atoms with van der Waals surface area (Å²) < 4.78 is 5.26. The smallest absolute Gasteiger partial charge is 0.252 e. The van der Waals surface area contributed by atoms with Crippen LogP contribution in [-0.4, -0.2) is 49.3 Å². The lowest BCUT2D eigenvalue weighted by Gasteiger charge is -2.28. The van der Waals surface area contributed by atoms with Crippen molar-refractivity contribution < 1.29 is 14.6 Å². The largest absolute Gasteiger partial charge is 0.497 e. The molecule has 22 heavy (non-hydrogen) atoms. The molecule has 0 heterocycles. The van der Waals surface area contributed by atoms with Gasteiger partial charge in [-0.05, 0) is 57.5 Å². The van der Waals surface area contributed by atoms with Crippen molar-refractivity contribution in [1.82, 2.24) is 10.2 Å². The Labute approximate surface area is 132 Å². The van der Waals surface area contributed by atoms with Crippen LogP contribution in [0, 0.1) is 0 Å². The molecule has 1 fully saturated rings. The Hall–Kier alpha value is -1.59. The van der Waals surface area contributed by atoms with Crippen LogP contribution in [-0.2, 0) is 4.79 Å². The zero-order valence-corrected chi connectivity index (χ0v) is 13.6. The van der Waals surface area contributed by atoms with Gasteiger partial charge in [0.1, 0.15) is 11.4 Å². The summed E-state index contributed by atoms with van der Waals surface area (Å²) in [4.78, 5) is 14.3. The van der Waals surface area contributed by atoms with Gasteiger partial charge in [0.05, 0.1) is 13.2 Å². The predicted molar refractivity (Wildman–Crippen MR) is 85.8 cm³/mol. The normalized spacial score (nSPS) is 18.2. The average molecular weight is 306 g/mol. The Morgan fingerprint density at radius 2 is 2.09 bits per heavy atom. The van der Waals surface area contributed by atoms with E-state index in [1.54, 1.807) is 7.11 Å². The molecule has 1 unspecified atom stereocenters. The van der Waals surface area contributed by atoms with E-state index in [0.717, 1.165) is 24.2 Å². The van der Waals surface area contributed by atoms with Gasteiger partial charge in [-0.3, -0.25) is 4.79 Å². The number of nitrogens with zero attached hydrogens (tertiary/aromatic N) is 1. The fraction of sp³-hybridized carbons (Fsp3) is 0.588. The SMILES string of the molecule is COc1cccc(C(CNC(=O)C2(O)CCCC2)N(C)C)c1. The number of carbonyl (C=O) groups excluding carboxylic acids is 1. The van der Waals surface area contributed by atoms with Crippen LogP contribution in [0.3, 0.4) is 0 Å². The molecular weight excluding hydrogens is 280 g/mol. The second kappa shape index (κ2) is 7.11. The molecule has 0 radical (unpaired) electrons. The topological polar surface area (TPSA) is 61.8 Å². The number of benzene rings is 1. The van der Waals surface area contributed by atoms with Gasteiger partial charge in [0.25, 0.3) is 5.91 Å². The van der Waals surface area contributed by atoms with Crippen LogP contribution >= 0.6 is 0 Å². The molecule has 5 heteroatoms. The first kappa shape index (κ1) is 16.8. The second-order valence-corrected chi connectivity index (χ2v) is 6.20.